The third-order valence-electron chi connectivity index (χ3n) is 6.75. The molecular formula is C20H26O5. The number of ketones is 1. The first kappa shape index (κ1) is 16.9. The molecule has 1 saturated carbocycles. The van der Waals surface area contributed by atoms with Crippen LogP contribution in [0.15, 0.2) is 34.3 Å². The van der Waals surface area contributed by atoms with Crippen LogP contribution in [0.5, 0.6) is 0 Å². The molecule has 4 aliphatic rings. The number of Topliss-reactive ketones (excluding diaryl/α,β-unsaturated/α-hetero) is 1. The Morgan fingerprint density at radius 1 is 1.28 bits per heavy atom. The van der Waals surface area contributed by atoms with Crippen LogP contribution in [-0.2, 0) is 9.53 Å². The number of carbonyl (C=O) groups is 1. The Balaban J connectivity index is 1.92. The van der Waals surface area contributed by atoms with E-state index in [-0.39, 0.29) is 40.9 Å². The summed E-state index contributed by atoms with van der Waals surface area (Å²) in [7, 11) is 0. The van der Waals surface area contributed by atoms with Crippen molar-refractivity contribution in [1.29, 1.82) is 0 Å². The van der Waals surface area contributed by atoms with Gasteiger partial charge in [-0.05, 0) is 31.3 Å². The molecule has 0 radical (unpaired) electrons. The number of fused-ring (bicyclic) bond motifs is 2. The van der Waals surface area contributed by atoms with Crippen LogP contribution in [-0.4, -0.2) is 39.9 Å². The monoisotopic (exact) mass is 346 g/mol. The summed E-state index contributed by atoms with van der Waals surface area (Å²) in [6, 6.07) is 0. The summed E-state index contributed by atoms with van der Waals surface area (Å²) < 4.78 is 6.07. The Morgan fingerprint density at radius 3 is 2.68 bits per heavy atom. The van der Waals surface area contributed by atoms with Crippen LogP contribution < -0.4 is 0 Å². The van der Waals surface area contributed by atoms with Crippen LogP contribution in [0.3, 0.4) is 0 Å². The van der Waals surface area contributed by atoms with E-state index >= 15 is 0 Å². The number of allylic oxidation sites excluding steroid dienone is 2. The molecule has 4 rings (SSSR count). The number of hydrogen-bond donors (Lipinski definition) is 3. The van der Waals surface area contributed by atoms with Gasteiger partial charge in [0.05, 0.1) is 18.8 Å². The summed E-state index contributed by atoms with van der Waals surface area (Å²) in [5.74, 6) is -0.747. The molecule has 136 valence electrons. The minimum absolute atomic E-state index is 0.0166. The Kier molecular flexibility index (Phi) is 3.51. The third kappa shape index (κ3) is 2.12. The van der Waals surface area contributed by atoms with Crippen LogP contribution in [0.2, 0.25) is 0 Å². The van der Waals surface area contributed by atoms with Crippen LogP contribution in [0.25, 0.3) is 0 Å². The Bertz CT molecular complexity index is 743. The van der Waals surface area contributed by atoms with Gasteiger partial charge in [0.25, 0.3) is 0 Å². The Labute approximate surface area is 147 Å². The normalized spacial score (nSPS) is 41.4. The molecular weight excluding hydrogens is 320 g/mol. The summed E-state index contributed by atoms with van der Waals surface area (Å²) in [5, 5.41) is 31.2. The highest BCUT2D eigenvalue weighted by Gasteiger charge is 2.61. The van der Waals surface area contributed by atoms with E-state index < -0.39 is 17.3 Å². The minimum atomic E-state index is -0.774. The molecule has 0 aromatic heterocycles. The van der Waals surface area contributed by atoms with Crippen molar-refractivity contribution in [1.82, 2.24) is 0 Å². The van der Waals surface area contributed by atoms with Crippen molar-refractivity contribution in [3.63, 3.8) is 0 Å². The minimum Gasteiger partial charge on any atom is -0.507 e. The first-order valence-corrected chi connectivity index (χ1v) is 9.12. The van der Waals surface area contributed by atoms with Crippen LogP contribution in [0.4, 0.5) is 0 Å². The zero-order chi connectivity index (χ0) is 18.1. The van der Waals surface area contributed by atoms with Gasteiger partial charge in [0.2, 0.25) is 5.78 Å². The average molecular weight is 346 g/mol. The van der Waals surface area contributed by atoms with E-state index in [1.54, 1.807) is 6.92 Å². The fourth-order valence-corrected chi connectivity index (χ4v) is 5.83. The highest BCUT2D eigenvalue weighted by molar-refractivity contribution is 6.10. The fourth-order valence-electron chi connectivity index (χ4n) is 5.83. The van der Waals surface area contributed by atoms with E-state index in [1.807, 2.05) is 6.08 Å². The van der Waals surface area contributed by atoms with Gasteiger partial charge in [-0.2, -0.15) is 0 Å². The Morgan fingerprint density at radius 2 is 2.00 bits per heavy atom. The summed E-state index contributed by atoms with van der Waals surface area (Å²) in [6.07, 6.45) is 3.93. The lowest BCUT2D eigenvalue weighted by Gasteiger charge is -2.53. The maximum absolute atomic E-state index is 12.7. The summed E-state index contributed by atoms with van der Waals surface area (Å²) in [5.41, 5.74) is 0.795. The van der Waals surface area contributed by atoms with Crippen LogP contribution in [0.1, 0.15) is 46.5 Å². The van der Waals surface area contributed by atoms with Crippen molar-refractivity contribution >= 4 is 5.78 Å². The van der Waals surface area contributed by atoms with Gasteiger partial charge in [-0.15, -0.1) is 0 Å². The zero-order valence-corrected chi connectivity index (χ0v) is 15.0. The molecule has 3 N–H and O–H groups in total. The molecule has 0 aromatic rings. The van der Waals surface area contributed by atoms with E-state index in [0.717, 1.165) is 19.3 Å². The summed E-state index contributed by atoms with van der Waals surface area (Å²) >= 11 is 0. The number of rotatable bonds is 2. The fraction of sp³-hybridized carbons (Fsp3) is 0.650. The van der Waals surface area contributed by atoms with Crippen molar-refractivity contribution in [2.75, 3.05) is 6.61 Å². The summed E-state index contributed by atoms with van der Waals surface area (Å²) in [4.78, 5) is 12.7. The second kappa shape index (κ2) is 5.21. The number of ether oxygens (including phenoxy) is 1. The first-order chi connectivity index (χ1) is 11.7. The van der Waals surface area contributed by atoms with Gasteiger partial charge in [0.15, 0.2) is 5.76 Å². The SMILES string of the molecule is C[C@H](O)CC1=C(O)C2=C[C@H]3OC[C@@]4(C)CCC[C@](C)(C2=C(O)C1=O)[C@H]34. The predicted molar refractivity (Wildman–Crippen MR) is 92.0 cm³/mol. The molecule has 0 aromatic carbocycles. The van der Waals surface area contributed by atoms with Crippen LogP contribution >= 0.6 is 0 Å². The quantitative estimate of drug-likeness (QED) is 0.715. The highest BCUT2D eigenvalue weighted by atomic mass is 16.5. The highest BCUT2D eigenvalue weighted by Crippen LogP contribution is 2.64. The molecule has 0 amide bonds. The molecule has 0 spiro atoms. The largest absolute Gasteiger partial charge is 0.507 e. The lowest BCUT2D eigenvalue weighted by molar-refractivity contribution is -0.115. The van der Waals surface area contributed by atoms with E-state index in [4.69, 9.17) is 4.74 Å². The van der Waals surface area contributed by atoms with Gasteiger partial charge in [0.1, 0.15) is 5.76 Å². The maximum Gasteiger partial charge on any atom is 0.227 e. The molecule has 5 atom stereocenters. The van der Waals surface area contributed by atoms with Gasteiger partial charge in [-0.25, -0.2) is 0 Å². The van der Waals surface area contributed by atoms with Crippen LogP contribution in [0, 0.1) is 16.7 Å². The van der Waals surface area contributed by atoms with Gasteiger partial charge in [-0.3, -0.25) is 4.79 Å². The zero-order valence-electron chi connectivity index (χ0n) is 15.0. The molecule has 25 heavy (non-hydrogen) atoms. The summed E-state index contributed by atoms with van der Waals surface area (Å²) in [6.45, 7) is 6.54. The second-order valence-electron chi connectivity index (χ2n) is 8.69. The van der Waals surface area contributed by atoms with Gasteiger partial charge >= 0.3 is 0 Å². The standard InChI is InChI=1S/C20H26O5/c1-10(21)7-12-15(22)11-8-13-18-19(2,9-25-13)5-4-6-20(18,3)14(11)17(24)16(12)23/h8,10,13,18,21-22,24H,4-7,9H2,1-3H3/t10-,13+,18+,19+,20+/m0/s1. The maximum atomic E-state index is 12.7. The predicted octanol–water partition coefficient (Wildman–Crippen LogP) is 3.12. The van der Waals surface area contributed by atoms with Gasteiger partial charge < -0.3 is 20.1 Å². The number of aliphatic hydroxyl groups excluding tert-OH is 3. The van der Waals surface area contributed by atoms with Crippen molar-refractivity contribution in [3.05, 3.63) is 34.3 Å². The van der Waals surface area contributed by atoms with Crippen molar-refractivity contribution < 1.29 is 24.9 Å². The Hall–Kier alpha value is -1.59. The van der Waals surface area contributed by atoms with Gasteiger partial charge in [-0.1, -0.05) is 20.3 Å². The van der Waals surface area contributed by atoms with Gasteiger partial charge in [0, 0.05) is 34.5 Å². The lowest BCUT2D eigenvalue weighted by Crippen LogP contribution is -2.50. The molecule has 1 saturated heterocycles. The number of hydrogen-bond acceptors (Lipinski definition) is 5. The van der Waals surface area contributed by atoms with E-state index in [9.17, 15) is 20.1 Å². The van der Waals surface area contributed by atoms with E-state index in [2.05, 4.69) is 13.8 Å². The van der Waals surface area contributed by atoms with Crippen molar-refractivity contribution in [2.45, 2.75) is 58.7 Å². The molecule has 5 nitrogen and oxygen atoms in total. The molecule has 1 heterocycles. The molecule has 2 fully saturated rings. The first-order valence-electron chi connectivity index (χ1n) is 9.12. The smallest absolute Gasteiger partial charge is 0.227 e. The molecule has 5 heteroatoms. The number of carbonyl (C=O) groups excluding carboxylic acids is 1. The topological polar surface area (TPSA) is 87.0 Å². The second-order valence-corrected chi connectivity index (χ2v) is 8.69. The van der Waals surface area contributed by atoms with Crippen molar-refractivity contribution in [2.24, 2.45) is 16.7 Å². The average Bonchev–Trinajstić information content (AvgIpc) is 2.87. The lowest BCUT2D eigenvalue weighted by atomic mass is 9.49. The molecule has 3 aliphatic carbocycles. The molecule has 1 aliphatic heterocycles. The van der Waals surface area contributed by atoms with Crippen molar-refractivity contribution in [3.8, 4) is 0 Å². The number of aliphatic hydroxyl groups is 3. The van der Waals surface area contributed by atoms with E-state index in [0.29, 0.717) is 17.8 Å². The molecule has 0 unspecified atom stereocenters. The molecule has 0 bridgehead atoms. The van der Waals surface area contributed by atoms with E-state index in [1.165, 1.54) is 0 Å². The third-order valence-corrected chi connectivity index (χ3v) is 6.75.